The normalized spacial score (nSPS) is 18.9. The Kier molecular flexibility index (Phi) is 2.19. The predicted octanol–water partition coefficient (Wildman–Crippen LogP) is 3.21. The van der Waals surface area contributed by atoms with E-state index in [-0.39, 0.29) is 0 Å². The van der Waals surface area contributed by atoms with Gasteiger partial charge in [0.15, 0.2) is 0 Å². The Hall–Kier alpha value is -1.10. The third kappa shape index (κ3) is 1.12. The molecule has 0 atom stereocenters. The summed E-state index contributed by atoms with van der Waals surface area (Å²) >= 11 is 6.68. The van der Waals surface area contributed by atoms with Gasteiger partial charge in [-0.2, -0.15) is 10.5 Å². The molecule has 14 heavy (non-hydrogen) atoms. The van der Waals surface area contributed by atoms with Crippen molar-refractivity contribution in [3.05, 3.63) is 43.4 Å². The molecule has 4 heteroatoms. The number of nitriles is 2. The van der Waals surface area contributed by atoms with E-state index >= 15 is 0 Å². The predicted molar refractivity (Wildman–Crippen MR) is 59.3 cm³/mol. The largest absolute Gasteiger partial charge is 0.192 e. The Morgan fingerprint density at radius 1 is 0.857 bits per heavy atom. The van der Waals surface area contributed by atoms with Gasteiger partial charge in [-0.15, -0.1) is 0 Å². The van der Waals surface area contributed by atoms with E-state index in [1.165, 1.54) is 0 Å². The van der Waals surface area contributed by atoms with Crippen molar-refractivity contribution < 1.29 is 0 Å². The van der Waals surface area contributed by atoms with Crippen LogP contribution >= 0.6 is 31.9 Å². The second kappa shape index (κ2) is 3.24. The molecule has 0 amide bonds. The van der Waals surface area contributed by atoms with E-state index in [0.717, 1.165) is 20.1 Å². The topological polar surface area (TPSA) is 47.6 Å². The van der Waals surface area contributed by atoms with Crippen LogP contribution in [0.3, 0.4) is 0 Å². The van der Waals surface area contributed by atoms with Crippen LogP contribution in [-0.4, -0.2) is 0 Å². The molecule has 0 aromatic carbocycles. The molecule has 2 rings (SSSR count). The smallest absolute Gasteiger partial charge is 0.0999 e. The number of fused-ring (bicyclic) bond motifs is 1. The van der Waals surface area contributed by atoms with Gasteiger partial charge in [0.2, 0.25) is 0 Å². The molecule has 0 bridgehead atoms. The summed E-state index contributed by atoms with van der Waals surface area (Å²) in [7, 11) is 0. The van der Waals surface area contributed by atoms with Crippen molar-refractivity contribution in [2.45, 2.75) is 0 Å². The summed E-state index contributed by atoms with van der Waals surface area (Å²) in [6.45, 7) is 0. The van der Waals surface area contributed by atoms with E-state index in [1.54, 1.807) is 12.2 Å². The van der Waals surface area contributed by atoms with Gasteiger partial charge in [0, 0.05) is 20.1 Å². The van der Waals surface area contributed by atoms with E-state index in [9.17, 15) is 0 Å². The first-order valence-electron chi connectivity index (χ1n) is 3.73. The Morgan fingerprint density at radius 2 is 1.21 bits per heavy atom. The van der Waals surface area contributed by atoms with E-state index < -0.39 is 0 Å². The maximum atomic E-state index is 8.88. The second-order valence-electron chi connectivity index (χ2n) is 2.79. The summed E-state index contributed by atoms with van der Waals surface area (Å²) in [5.41, 5.74) is 2.80. The zero-order valence-electron chi connectivity index (χ0n) is 6.81. The van der Waals surface area contributed by atoms with Crippen LogP contribution in [0.15, 0.2) is 43.4 Å². The van der Waals surface area contributed by atoms with E-state index in [4.69, 9.17) is 10.5 Å². The summed E-state index contributed by atoms with van der Waals surface area (Å²) in [5.74, 6) is 0. The van der Waals surface area contributed by atoms with E-state index in [1.807, 2.05) is 0 Å². The molecule has 2 aliphatic rings. The molecule has 0 fully saturated rings. The van der Waals surface area contributed by atoms with Crippen molar-refractivity contribution in [1.29, 1.82) is 10.5 Å². The number of rotatable bonds is 0. The number of halogens is 2. The molecular weight excluding hydrogens is 308 g/mol. The molecule has 0 aromatic rings. The van der Waals surface area contributed by atoms with Gasteiger partial charge < -0.3 is 0 Å². The summed E-state index contributed by atoms with van der Waals surface area (Å²) < 4.78 is 1.60. The lowest BCUT2D eigenvalue weighted by molar-refractivity contribution is 1.44. The quantitative estimate of drug-likeness (QED) is 0.690. The van der Waals surface area contributed by atoms with Gasteiger partial charge in [-0.25, -0.2) is 0 Å². The molecule has 0 saturated carbocycles. The van der Waals surface area contributed by atoms with Crippen molar-refractivity contribution in [1.82, 2.24) is 0 Å². The molecule has 2 aliphatic carbocycles. The van der Waals surface area contributed by atoms with Crippen LogP contribution in [0.4, 0.5) is 0 Å². The first-order valence-corrected chi connectivity index (χ1v) is 5.32. The van der Waals surface area contributed by atoms with Gasteiger partial charge in [0.05, 0.1) is 23.3 Å². The van der Waals surface area contributed by atoms with Gasteiger partial charge >= 0.3 is 0 Å². The third-order valence-corrected chi connectivity index (χ3v) is 3.30. The van der Waals surface area contributed by atoms with Gasteiger partial charge in [0.25, 0.3) is 0 Å². The van der Waals surface area contributed by atoms with Crippen molar-refractivity contribution in [2.75, 3.05) is 0 Å². The molecule has 0 N–H and O–H groups in total. The number of nitrogens with zero attached hydrogens (tertiary/aromatic N) is 2. The van der Waals surface area contributed by atoms with Crippen molar-refractivity contribution in [3.63, 3.8) is 0 Å². The Morgan fingerprint density at radius 3 is 1.50 bits per heavy atom. The average Bonchev–Trinajstić information content (AvgIpc) is 2.67. The fourth-order valence-corrected chi connectivity index (χ4v) is 2.77. The van der Waals surface area contributed by atoms with Crippen LogP contribution in [0, 0.1) is 22.7 Å². The Labute approximate surface area is 97.8 Å². The fourth-order valence-electron chi connectivity index (χ4n) is 1.48. The van der Waals surface area contributed by atoms with Crippen molar-refractivity contribution in [3.8, 4) is 12.1 Å². The van der Waals surface area contributed by atoms with Crippen LogP contribution in [0.25, 0.3) is 0 Å². The molecule has 0 spiro atoms. The molecule has 0 aliphatic heterocycles. The number of hydrogen-bond acceptors (Lipinski definition) is 2. The molecule has 0 unspecified atom stereocenters. The van der Waals surface area contributed by atoms with Gasteiger partial charge in [-0.3, -0.25) is 0 Å². The standard InChI is InChI=1S/C10H2Br2N2/c11-7-1-5(3-13)9-8(12)2-6(4-14)10(7)9/h1-2H. The van der Waals surface area contributed by atoms with Gasteiger partial charge in [0.1, 0.15) is 0 Å². The highest BCUT2D eigenvalue weighted by atomic mass is 79.9. The van der Waals surface area contributed by atoms with Crippen LogP contribution in [0.2, 0.25) is 0 Å². The van der Waals surface area contributed by atoms with Gasteiger partial charge in [-0.05, 0) is 12.2 Å². The molecule has 2 nitrogen and oxygen atoms in total. The SMILES string of the molecule is N#CC1=CC(Br)=C2C(C#N)=CC(Br)=C12. The van der Waals surface area contributed by atoms with Gasteiger partial charge in [-0.1, -0.05) is 31.9 Å². The lowest BCUT2D eigenvalue weighted by atomic mass is 10.0. The number of hydrogen-bond donors (Lipinski definition) is 0. The first-order chi connectivity index (χ1) is 6.69. The maximum absolute atomic E-state index is 8.88. The summed E-state index contributed by atoms with van der Waals surface area (Å²) in [5, 5.41) is 17.8. The lowest BCUT2D eigenvalue weighted by Gasteiger charge is -1.98. The monoisotopic (exact) mass is 308 g/mol. The number of allylic oxidation sites excluding steroid dienone is 8. The fraction of sp³-hybridized carbons (Fsp3) is 0. The lowest BCUT2D eigenvalue weighted by Crippen LogP contribution is -1.86. The second-order valence-corrected chi connectivity index (χ2v) is 4.49. The van der Waals surface area contributed by atoms with Crippen LogP contribution in [0.1, 0.15) is 0 Å². The maximum Gasteiger partial charge on any atom is 0.0999 e. The molecular formula is C10H2Br2N2. The Balaban J connectivity index is 2.65. The molecule has 0 aromatic heterocycles. The first kappa shape index (κ1) is 9.45. The highest BCUT2D eigenvalue weighted by Gasteiger charge is 2.30. The van der Waals surface area contributed by atoms with Crippen molar-refractivity contribution >= 4 is 31.9 Å². The Bertz CT molecular complexity index is 483. The minimum atomic E-state index is 0.584. The molecule has 0 saturated heterocycles. The highest BCUT2D eigenvalue weighted by Crippen LogP contribution is 2.45. The third-order valence-electron chi connectivity index (χ3n) is 2.05. The average molecular weight is 310 g/mol. The van der Waals surface area contributed by atoms with Crippen LogP contribution in [-0.2, 0) is 0 Å². The molecule has 66 valence electrons. The zero-order valence-corrected chi connectivity index (χ0v) is 9.98. The van der Waals surface area contributed by atoms with E-state index in [0.29, 0.717) is 11.1 Å². The zero-order chi connectivity index (χ0) is 10.3. The minimum absolute atomic E-state index is 0.584. The molecule has 0 radical (unpaired) electrons. The van der Waals surface area contributed by atoms with Crippen LogP contribution < -0.4 is 0 Å². The van der Waals surface area contributed by atoms with Crippen molar-refractivity contribution in [2.24, 2.45) is 0 Å². The highest BCUT2D eigenvalue weighted by molar-refractivity contribution is 9.12. The molecule has 0 heterocycles. The summed E-state index contributed by atoms with van der Waals surface area (Å²) in [4.78, 5) is 0. The van der Waals surface area contributed by atoms with E-state index in [2.05, 4.69) is 44.0 Å². The summed E-state index contributed by atoms with van der Waals surface area (Å²) in [6, 6.07) is 4.20. The minimum Gasteiger partial charge on any atom is -0.192 e. The van der Waals surface area contributed by atoms with Crippen LogP contribution in [0.5, 0.6) is 0 Å². The summed E-state index contributed by atoms with van der Waals surface area (Å²) in [6.07, 6.45) is 3.46.